The van der Waals surface area contributed by atoms with Crippen molar-refractivity contribution in [2.75, 3.05) is 26.2 Å². The van der Waals surface area contributed by atoms with Crippen LogP contribution in [0.3, 0.4) is 0 Å². The molecule has 2 heterocycles. The van der Waals surface area contributed by atoms with Gasteiger partial charge in [0.1, 0.15) is 11.9 Å². The number of hydrogen-bond donors (Lipinski definition) is 2. The van der Waals surface area contributed by atoms with E-state index in [0.29, 0.717) is 23.4 Å². The molecule has 1 aliphatic heterocycles. The highest BCUT2D eigenvalue weighted by Crippen LogP contribution is 2.32. The average molecular weight is 423 g/mol. The summed E-state index contributed by atoms with van der Waals surface area (Å²) in [6, 6.07) is 6.91. The van der Waals surface area contributed by atoms with Gasteiger partial charge in [0.2, 0.25) is 0 Å². The second-order valence-corrected chi connectivity index (χ2v) is 7.49. The Labute approximate surface area is 172 Å². The maximum absolute atomic E-state index is 13.2. The van der Waals surface area contributed by atoms with Crippen LogP contribution in [0.2, 0.25) is 0 Å². The molecule has 0 spiro atoms. The minimum atomic E-state index is -4.45. The van der Waals surface area contributed by atoms with Crippen molar-refractivity contribution >= 4 is 5.97 Å². The van der Waals surface area contributed by atoms with Gasteiger partial charge in [-0.3, -0.25) is 4.90 Å². The van der Waals surface area contributed by atoms with Crippen LogP contribution in [0.1, 0.15) is 40.2 Å². The number of carboxylic acids is 1. The van der Waals surface area contributed by atoms with Gasteiger partial charge >= 0.3 is 12.1 Å². The van der Waals surface area contributed by atoms with Gasteiger partial charge in [-0.15, -0.1) is 0 Å². The number of halogens is 3. The minimum Gasteiger partial charge on any atom is -0.483 e. The summed E-state index contributed by atoms with van der Waals surface area (Å²) in [6.45, 7) is 6.31. The van der Waals surface area contributed by atoms with Gasteiger partial charge in [0.15, 0.2) is 5.69 Å². The zero-order valence-corrected chi connectivity index (χ0v) is 16.7. The number of piperazine rings is 1. The van der Waals surface area contributed by atoms with Gasteiger partial charge in [-0.25, -0.2) is 9.78 Å². The maximum Gasteiger partial charge on any atom is 0.416 e. The van der Waals surface area contributed by atoms with Gasteiger partial charge in [-0.1, -0.05) is 12.1 Å². The molecule has 0 saturated carbocycles. The number of pyridine rings is 1. The Morgan fingerprint density at radius 2 is 2.17 bits per heavy atom. The molecule has 6 nitrogen and oxygen atoms in total. The molecule has 0 amide bonds. The Morgan fingerprint density at radius 3 is 2.80 bits per heavy atom. The smallest absolute Gasteiger partial charge is 0.416 e. The summed E-state index contributed by atoms with van der Waals surface area (Å²) < 4.78 is 45.7. The van der Waals surface area contributed by atoms with E-state index in [0.717, 1.165) is 31.8 Å². The first-order valence-electron chi connectivity index (χ1n) is 9.63. The van der Waals surface area contributed by atoms with Crippen LogP contribution in [-0.4, -0.2) is 53.2 Å². The number of carboxylic acid groups (broad SMARTS) is 1. The molecule has 162 valence electrons. The molecule has 1 fully saturated rings. The first kappa shape index (κ1) is 22.0. The van der Waals surface area contributed by atoms with Crippen molar-refractivity contribution in [2.24, 2.45) is 0 Å². The zero-order chi connectivity index (χ0) is 21.9. The lowest BCUT2D eigenvalue weighted by Gasteiger charge is -2.34. The van der Waals surface area contributed by atoms with Gasteiger partial charge in [0.05, 0.1) is 11.8 Å². The summed E-state index contributed by atoms with van der Waals surface area (Å²) in [4.78, 5) is 17.2. The summed E-state index contributed by atoms with van der Waals surface area (Å²) in [5.41, 5.74) is -0.0127. The van der Waals surface area contributed by atoms with Crippen LogP contribution >= 0.6 is 0 Å². The van der Waals surface area contributed by atoms with Crippen LogP contribution in [0.15, 0.2) is 36.5 Å². The van der Waals surface area contributed by atoms with E-state index in [1.807, 2.05) is 6.92 Å². The molecule has 0 radical (unpaired) electrons. The number of ether oxygens (including phenoxy) is 1. The number of nitrogens with zero attached hydrogens (tertiary/aromatic N) is 2. The number of rotatable bonds is 6. The number of hydrogen-bond acceptors (Lipinski definition) is 5. The van der Waals surface area contributed by atoms with Gasteiger partial charge in [0.25, 0.3) is 0 Å². The highest BCUT2D eigenvalue weighted by molar-refractivity contribution is 5.87. The molecule has 0 aliphatic carbocycles. The molecular formula is C21H24F3N3O3. The number of benzene rings is 1. The molecule has 1 saturated heterocycles. The summed E-state index contributed by atoms with van der Waals surface area (Å²) in [5, 5.41) is 12.5. The van der Waals surface area contributed by atoms with Crippen molar-refractivity contribution in [3.63, 3.8) is 0 Å². The molecule has 30 heavy (non-hydrogen) atoms. The Hall–Kier alpha value is -2.65. The van der Waals surface area contributed by atoms with Crippen LogP contribution in [0.4, 0.5) is 13.2 Å². The third-order valence-corrected chi connectivity index (χ3v) is 5.00. The minimum absolute atomic E-state index is 0.0890. The van der Waals surface area contributed by atoms with Crippen LogP contribution in [0, 0.1) is 6.92 Å². The van der Waals surface area contributed by atoms with Crippen molar-refractivity contribution < 1.29 is 27.8 Å². The molecule has 2 atom stereocenters. The lowest BCUT2D eigenvalue weighted by molar-refractivity contribution is -0.137. The quantitative estimate of drug-likeness (QED) is 0.741. The molecule has 0 bridgehead atoms. The topological polar surface area (TPSA) is 74.7 Å². The summed E-state index contributed by atoms with van der Waals surface area (Å²) in [7, 11) is 0. The first-order chi connectivity index (χ1) is 14.1. The van der Waals surface area contributed by atoms with Crippen molar-refractivity contribution in [1.29, 1.82) is 0 Å². The fourth-order valence-corrected chi connectivity index (χ4v) is 3.54. The highest BCUT2D eigenvalue weighted by atomic mass is 19.4. The number of carbonyl (C=O) groups is 1. The van der Waals surface area contributed by atoms with E-state index in [1.54, 1.807) is 13.0 Å². The lowest BCUT2D eigenvalue weighted by atomic mass is 10.0. The fraction of sp³-hybridized carbons (Fsp3) is 0.429. The van der Waals surface area contributed by atoms with Gasteiger partial charge in [0, 0.05) is 32.2 Å². The van der Waals surface area contributed by atoms with Crippen LogP contribution in [0.5, 0.6) is 5.75 Å². The predicted molar refractivity (Wildman–Crippen MR) is 105 cm³/mol. The normalized spacial score (nSPS) is 18.8. The predicted octanol–water partition coefficient (Wildman–Crippen LogP) is 3.52. The summed E-state index contributed by atoms with van der Waals surface area (Å²) in [6.07, 6.45) is -3.84. The molecule has 2 N–H and O–H groups in total. The summed E-state index contributed by atoms with van der Waals surface area (Å²) in [5.74, 6) is -0.841. The molecule has 9 heteroatoms. The monoisotopic (exact) mass is 423 g/mol. The van der Waals surface area contributed by atoms with Crippen molar-refractivity contribution in [2.45, 2.75) is 32.2 Å². The lowest BCUT2D eigenvalue weighted by Crippen LogP contribution is -2.50. The average Bonchev–Trinajstić information content (AvgIpc) is 2.67. The number of aryl methyl sites for hydroxylation is 1. The number of nitrogens with one attached hydrogen (secondary N) is 1. The molecular weight excluding hydrogens is 399 g/mol. The Morgan fingerprint density at radius 1 is 1.40 bits per heavy atom. The summed E-state index contributed by atoms with van der Waals surface area (Å²) >= 11 is 0. The standard InChI is InChI=1S/C21H24F3N3O3/c1-13-8-17(10-26-19(13)20(28)29)30-18(12-27-7-6-25-14(2)11-27)15-4-3-5-16(9-15)21(22,23)24/h3-5,8-10,14,18,25H,6-7,11-12H2,1-2H3,(H,28,29)/t14-,18-/m1/s1. The van der Waals surface area contributed by atoms with Gasteiger partial charge in [-0.2, -0.15) is 13.2 Å². The Bertz CT molecular complexity index is 905. The van der Waals surface area contributed by atoms with E-state index >= 15 is 0 Å². The molecule has 2 aromatic rings. The zero-order valence-electron chi connectivity index (χ0n) is 16.7. The molecule has 1 aromatic carbocycles. The van der Waals surface area contributed by atoms with Crippen LogP contribution < -0.4 is 10.1 Å². The maximum atomic E-state index is 13.2. The molecule has 3 rings (SSSR count). The molecule has 1 aromatic heterocycles. The Balaban J connectivity index is 1.89. The van der Waals surface area contributed by atoms with Crippen LogP contribution in [-0.2, 0) is 6.18 Å². The van der Waals surface area contributed by atoms with E-state index in [1.165, 1.54) is 18.3 Å². The van der Waals surface area contributed by atoms with Crippen molar-refractivity contribution in [3.8, 4) is 5.75 Å². The van der Waals surface area contributed by atoms with Crippen molar-refractivity contribution in [1.82, 2.24) is 15.2 Å². The number of alkyl halides is 3. The fourth-order valence-electron chi connectivity index (χ4n) is 3.54. The molecule has 1 aliphatic rings. The number of aromatic nitrogens is 1. The van der Waals surface area contributed by atoms with E-state index in [4.69, 9.17) is 9.84 Å². The first-order valence-corrected chi connectivity index (χ1v) is 9.63. The second-order valence-electron chi connectivity index (χ2n) is 7.49. The van der Waals surface area contributed by atoms with Crippen molar-refractivity contribution in [3.05, 3.63) is 58.9 Å². The number of aromatic carboxylic acids is 1. The highest BCUT2D eigenvalue weighted by Gasteiger charge is 2.32. The van der Waals surface area contributed by atoms with E-state index in [9.17, 15) is 18.0 Å². The van der Waals surface area contributed by atoms with Gasteiger partial charge in [-0.05, 0) is 43.2 Å². The Kier molecular flexibility index (Phi) is 6.62. The third-order valence-electron chi connectivity index (χ3n) is 5.00. The van der Waals surface area contributed by atoms with E-state index < -0.39 is 23.8 Å². The second kappa shape index (κ2) is 9.01. The third kappa shape index (κ3) is 5.48. The van der Waals surface area contributed by atoms with E-state index in [-0.39, 0.29) is 11.7 Å². The largest absolute Gasteiger partial charge is 0.483 e. The van der Waals surface area contributed by atoms with Crippen LogP contribution in [0.25, 0.3) is 0 Å². The van der Waals surface area contributed by atoms with Gasteiger partial charge < -0.3 is 15.2 Å². The SMILES string of the molecule is Cc1cc(O[C@H](CN2CCN[C@H](C)C2)c2cccc(C(F)(F)F)c2)cnc1C(=O)O. The molecule has 0 unspecified atom stereocenters. The van der Waals surface area contributed by atoms with E-state index in [2.05, 4.69) is 15.2 Å².